The summed E-state index contributed by atoms with van der Waals surface area (Å²) in [4.78, 5) is 0.0227. The van der Waals surface area contributed by atoms with E-state index >= 15 is 0 Å². The Morgan fingerprint density at radius 2 is 2.20 bits per heavy atom. The molecule has 0 spiro atoms. The van der Waals surface area contributed by atoms with Crippen LogP contribution in [-0.2, 0) is 14.8 Å². The third kappa shape index (κ3) is 4.09. The minimum absolute atomic E-state index is 0.0227. The number of benzene rings is 1. The van der Waals surface area contributed by atoms with E-state index in [1.807, 2.05) is 0 Å². The van der Waals surface area contributed by atoms with E-state index in [0.29, 0.717) is 18.0 Å². The van der Waals surface area contributed by atoms with Gasteiger partial charge < -0.3 is 10.5 Å². The molecule has 112 valence electrons. The van der Waals surface area contributed by atoms with Gasteiger partial charge in [-0.2, -0.15) is 0 Å². The second-order valence-electron chi connectivity index (χ2n) is 4.86. The van der Waals surface area contributed by atoms with Crippen molar-refractivity contribution in [2.45, 2.75) is 36.7 Å². The first-order chi connectivity index (χ1) is 9.49. The number of hydrogen-bond donors (Lipinski definition) is 2. The Labute approximate surface area is 124 Å². The van der Waals surface area contributed by atoms with Crippen LogP contribution in [0.5, 0.6) is 0 Å². The monoisotopic (exact) mass is 318 g/mol. The topological polar surface area (TPSA) is 81.4 Å². The zero-order valence-corrected chi connectivity index (χ0v) is 12.7. The van der Waals surface area contributed by atoms with Crippen LogP contribution in [0.3, 0.4) is 0 Å². The zero-order valence-electron chi connectivity index (χ0n) is 11.1. The Bertz CT molecular complexity index is 557. The fourth-order valence-corrected chi connectivity index (χ4v) is 3.65. The maximum atomic E-state index is 12.2. The van der Waals surface area contributed by atoms with Gasteiger partial charge >= 0.3 is 0 Å². The van der Waals surface area contributed by atoms with Gasteiger partial charge in [-0.05, 0) is 43.9 Å². The molecule has 20 heavy (non-hydrogen) atoms. The quantitative estimate of drug-likeness (QED) is 0.815. The van der Waals surface area contributed by atoms with Crippen molar-refractivity contribution in [2.75, 3.05) is 18.9 Å². The Morgan fingerprint density at radius 3 is 2.90 bits per heavy atom. The third-order valence-electron chi connectivity index (χ3n) is 3.30. The van der Waals surface area contributed by atoms with E-state index in [1.165, 1.54) is 12.1 Å². The van der Waals surface area contributed by atoms with Crippen LogP contribution in [0.25, 0.3) is 0 Å². The lowest BCUT2D eigenvalue weighted by Gasteiger charge is -2.22. The number of anilines is 1. The van der Waals surface area contributed by atoms with Gasteiger partial charge in [0.25, 0.3) is 0 Å². The van der Waals surface area contributed by atoms with Crippen molar-refractivity contribution in [1.82, 2.24) is 4.72 Å². The van der Waals surface area contributed by atoms with Gasteiger partial charge in [-0.3, -0.25) is 0 Å². The predicted molar refractivity (Wildman–Crippen MR) is 79.3 cm³/mol. The highest BCUT2D eigenvalue weighted by molar-refractivity contribution is 7.89. The van der Waals surface area contributed by atoms with E-state index in [4.69, 9.17) is 22.1 Å². The summed E-state index contributed by atoms with van der Waals surface area (Å²) < 4.78 is 32.4. The average Bonchev–Trinajstić information content (AvgIpc) is 2.42. The number of nitrogen functional groups attached to an aromatic ring is 1. The van der Waals surface area contributed by atoms with Crippen LogP contribution in [0.4, 0.5) is 5.69 Å². The summed E-state index contributed by atoms with van der Waals surface area (Å²) in [6.07, 6.45) is 4.02. The normalized spacial score (nSPS) is 19.9. The molecule has 1 atom stereocenters. The number of hydrogen-bond acceptors (Lipinski definition) is 4. The molecule has 0 bridgehead atoms. The lowest BCUT2D eigenvalue weighted by atomic mass is 10.1. The first-order valence-electron chi connectivity index (χ1n) is 6.65. The van der Waals surface area contributed by atoms with Gasteiger partial charge in [-0.25, -0.2) is 13.1 Å². The predicted octanol–water partition coefficient (Wildman–Crippen LogP) is 2.16. The average molecular weight is 319 g/mol. The fraction of sp³-hybridized carbons (Fsp3) is 0.538. The smallest absolute Gasteiger partial charge is 0.242 e. The van der Waals surface area contributed by atoms with Gasteiger partial charge in [0.15, 0.2) is 0 Å². The number of rotatable bonds is 5. The van der Waals surface area contributed by atoms with E-state index in [2.05, 4.69) is 4.72 Å². The van der Waals surface area contributed by atoms with Gasteiger partial charge in [-0.15, -0.1) is 0 Å². The van der Waals surface area contributed by atoms with Crippen molar-refractivity contribution in [1.29, 1.82) is 0 Å². The van der Waals surface area contributed by atoms with Crippen LogP contribution in [0.15, 0.2) is 23.1 Å². The highest BCUT2D eigenvalue weighted by Gasteiger charge is 2.19. The first kappa shape index (κ1) is 15.6. The lowest BCUT2D eigenvalue weighted by Crippen LogP contribution is -2.30. The van der Waals surface area contributed by atoms with Crippen molar-refractivity contribution in [3.8, 4) is 0 Å². The molecule has 1 fully saturated rings. The zero-order chi connectivity index (χ0) is 14.6. The molecular formula is C13H19ClN2O3S. The van der Waals surface area contributed by atoms with Gasteiger partial charge in [0.05, 0.1) is 11.8 Å². The van der Waals surface area contributed by atoms with Gasteiger partial charge in [-0.1, -0.05) is 11.6 Å². The molecule has 3 N–H and O–H groups in total. The molecule has 1 heterocycles. The molecule has 0 radical (unpaired) electrons. The molecule has 5 nitrogen and oxygen atoms in total. The van der Waals surface area contributed by atoms with Crippen LogP contribution in [-0.4, -0.2) is 27.7 Å². The Balaban J connectivity index is 1.95. The molecule has 0 aliphatic carbocycles. The maximum absolute atomic E-state index is 12.2. The highest BCUT2D eigenvalue weighted by Crippen LogP contribution is 2.22. The number of halogens is 1. The van der Waals surface area contributed by atoms with Gasteiger partial charge in [0.2, 0.25) is 10.0 Å². The van der Waals surface area contributed by atoms with Gasteiger partial charge in [0, 0.05) is 18.2 Å². The molecule has 2 rings (SSSR count). The van der Waals surface area contributed by atoms with Crippen molar-refractivity contribution in [3.05, 3.63) is 23.2 Å². The van der Waals surface area contributed by atoms with Gasteiger partial charge in [0.1, 0.15) is 4.90 Å². The third-order valence-corrected chi connectivity index (χ3v) is 5.05. The molecular weight excluding hydrogens is 300 g/mol. The van der Waals surface area contributed by atoms with E-state index in [1.54, 1.807) is 6.07 Å². The van der Waals surface area contributed by atoms with E-state index in [-0.39, 0.29) is 16.7 Å². The number of nitrogens with two attached hydrogens (primary N) is 1. The van der Waals surface area contributed by atoms with Crippen LogP contribution in [0.1, 0.15) is 25.7 Å². The summed E-state index contributed by atoms with van der Waals surface area (Å²) in [7, 11) is -3.63. The van der Waals surface area contributed by atoms with Crippen molar-refractivity contribution in [3.63, 3.8) is 0 Å². The maximum Gasteiger partial charge on any atom is 0.242 e. The van der Waals surface area contributed by atoms with Crippen LogP contribution >= 0.6 is 11.6 Å². The number of ether oxygens (including phenoxy) is 1. The summed E-state index contributed by atoms with van der Waals surface area (Å²) in [6, 6.07) is 4.41. The minimum Gasteiger partial charge on any atom is -0.398 e. The van der Waals surface area contributed by atoms with Crippen LogP contribution < -0.4 is 10.5 Å². The van der Waals surface area contributed by atoms with E-state index in [9.17, 15) is 8.42 Å². The molecule has 1 aromatic carbocycles. The molecule has 1 aliphatic heterocycles. The summed E-state index contributed by atoms with van der Waals surface area (Å²) in [5.41, 5.74) is 5.88. The molecule has 0 saturated carbocycles. The summed E-state index contributed by atoms with van der Waals surface area (Å²) >= 11 is 5.81. The number of nitrogens with one attached hydrogen (secondary N) is 1. The Morgan fingerprint density at radius 1 is 1.40 bits per heavy atom. The Kier molecular flexibility index (Phi) is 5.26. The van der Waals surface area contributed by atoms with Crippen molar-refractivity contribution >= 4 is 27.3 Å². The summed E-state index contributed by atoms with van der Waals surface area (Å²) in [5, 5.41) is 0.343. The van der Waals surface area contributed by atoms with Crippen LogP contribution in [0.2, 0.25) is 5.02 Å². The Hall–Kier alpha value is -0.820. The molecule has 1 aromatic rings. The second-order valence-corrected chi connectivity index (χ2v) is 7.03. The SMILES string of the molecule is Nc1ccc(Cl)cc1S(=O)(=O)NCCC1CCCCO1. The largest absolute Gasteiger partial charge is 0.398 e. The van der Waals surface area contributed by atoms with Crippen molar-refractivity contribution < 1.29 is 13.2 Å². The number of sulfonamides is 1. The van der Waals surface area contributed by atoms with E-state index in [0.717, 1.165) is 25.9 Å². The molecule has 1 saturated heterocycles. The molecule has 1 unspecified atom stereocenters. The second kappa shape index (κ2) is 6.76. The van der Waals surface area contributed by atoms with Crippen molar-refractivity contribution in [2.24, 2.45) is 0 Å². The summed E-state index contributed by atoms with van der Waals surface area (Å²) in [5.74, 6) is 0. The standard InChI is InChI=1S/C13H19ClN2O3S/c14-10-4-5-12(15)13(9-10)20(17,18)16-7-6-11-3-1-2-8-19-11/h4-5,9,11,16H,1-3,6-8,15H2. The molecule has 7 heteroatoms. The van der Waals surface area contributed by atoms with Crippen LogP contribution in [0, 0.1) is 0 Å². The highest BCUT2D eigenvalue weighted by atomic mass is 35.5. The molecule has 0 amide bonds. The fourth-order valence-electron chi connectivity index (χ4n) is 2.21. The van der Waals surface area contributed by atoms with E-state index < -0.39 is 10.0 Å². The lowest BCUT2D eigenvalue weighted by molar-refractivity contribution is 0.0123. The molecule has 0 aromatic heterocycles. The summed E-state index contributed by atoms with van der Waals surface area (Å²) in [6.45, 7) is 1.09. The minimum atomic E-state index is -3.63. The first-order valence-corrected chi connectivity index (χ1v) is 8.51. The molecule has 1 aliphatic rings.